The van der Waals surface area contributed by atoms with Crippen molar-refractivity contribution in [3.05, 3.63) is 48.0 Å². The number of non-ortho nitro benzene ring substituents is 1. The monoisotopic (exact) mass is 281 g/mol. The Hall–Kier alpha value is -2.79. The van der Waals surface area contributed by atoms with E-state index in [2.05, 4.69) is 0 Å². The van der Waals surface area contributed by atoms with Crippen molar-refractivity contribution >= 4 is 17.1 Å². The third-order valence-corrected chi connectivity index (χ3v) is 1.97. The highest BCUT2D eigenvalue weighted by atomic mass is 19.4. The van der Waals surface area contributed by atoms with E-state index in [0.29, 0.717) is 0 Å². The second-order valence-electron chi connectivity index (χ2n) is 3.13. The summed E-state index contributed by atoms with van der Waals surface area (Å²) >= 11 is 0. The molecule has 12 heteroatoms. The molecule has 0 aliphatic carbocycles. The van der Waals surface area contributed by atoms with E-state index in [1.54, 1.807) is 0 Å². The molecule has 0 aliphatic rings. The summed E-state index contributed by atoms with van der Waals surface area (Å²) in [5, 5.41) is 31.3. The first-order valence-electron chi connectivity index (χ1n) is 4.24. The summed E-state index contributed by atoms with van der Waals surface area (Å²) in [4.78, 5) is 27.0. The Balaban J connectivity index is 3.81. The zero-order chi connectivity index (χ0) is 15.0. The molecule has 102 valence electrons. The van der Waals surface area contributed by atoms with Gasteiger partial charge in [-0.05, 0) is 0 Å². The van der Waals surface area contributed by atoms with Crippen LogP contribution in [0.2, 0.25) is 0 Å². The van der Waals surface area contributed by atoms with Crippen LogP contribution in [0.5, 0.6) is 0 Å². The fourth-order valence-electron chi connectivity index (χ4n) is 1.28. The molecule has 0 N–H and O–H groups in total. The fourth-order valence-corrected chi connectivity index (χ4v) is 1.28. The minimum Gasteiger partial charge on any atom is -0.258 e. The number of benzene rings is 1. The Morgan fingerprint density at radius 3 is 1.42 bits per heavy atom. The molecule has 0 saturated carbocycles. The van der Waals surface area contributed by atoms with E-state index in [0.717, 1.165) is 0 Å². The first kappa shape index (κ1) is 14.3. The molecule has 0 fully saturated rings. The maximum absolute atomic E-state index is 12.6. The van der Waals surface area contributed by atoms with E-state index in [4.69, 9.17) is 0 Å². The van der Waals surface area contributed by atoms with Crippen molar-refractivity contribution in [2.75, 3.05) is 0 Å². The molecule has 0 aliphatic heterocycles. The number of nitrogens with zero attached hydrogens (tertiary/aromatic N) is 3. The Bertz CT molecular complexity index is 549. The minimum absolute atomic E-state index is 0.0236. The Morgan fingerprint density at radius 2 is 1.21 bits per heavy atom. The van der Waals surface area contributed by atoms with Gasteiger partial charge in [0.25, 0.3) is 17.1 Å². The summed E-state index contributed by atoms with van der Waals surface area (Å²) in [6, 6.07) is 0.0473. The van der Waals surface area contributed by atoms with E-state index < -0.39 is 43.6 Å². The summed E-state index contributed by atoms with van der Waals surface area (Å²) in [5.74, 6) is 0. The SMILES string of the molecule is O=[N+]([O-])c1cc([N+](=O)[O-])c(C(F)(F)F)c([N+](=O)[O-])c1. The molecular formula is C7H2F3N3O6. The maximum atomic E-state index is 12.6. The van der Waals surface area contributed by atoms with Gasteiger partial charge < -0.3 is 0 Å². The van der Waals surface area contributed by atoms with Gasteiger partial charge >= 0.3 is 6.18 Å². The number of halogens is 3. The lowest BCUT2D eigenvalue weighted by Gasteiger charge is -2.07. The molecule has 0 unspecified atom stereocenters. The van der Waals surface area contributed by atoms with Crippen LogP contribution in [0.4, 0.5) is 30.2 Å². The highest BCUT2D eigenvalue weighted by Gasteiger charge is 2.47. The van der Waals surface area contributed by atoms with Gasteiger partial charge in [0.2, 0.25) is 5.56 Å². The van der Waals surface area contributed by atoms with Gasteiger partial charge in [0.15, 0.2) is 0 Å². The molecule has 0 spiro atoms. The van der Waals surface area contributed by atoms with Crippen molar-refractivity contribution in [1.29, 1.82) is 0 Å². The molecule has 1 rings (SSSR count). The van der Waals surface area contributed by atoms with E-state index in [-0.39, 0.29) is 12.1 Å². The summed E-state index contributed by atoms with van der Waals surface area (Å²) < 4.78 is 37.8. The molecule has 0 aromatic heterocycles. The van der Waals surface area contributed by atoms with E-state index >= 15 is 0 Å². The summed E-state index contributed by atoms with van der Waals surface area (Å²) in [5.41, 5.74) is -6.79. The van der Waals surface area contributed by atoms with Gasteiger partial charge in [0.1, 0.15) is 0 Å². The number of rotatable bonds is 3. The summed E-state index contributed by atoms with van der Waals surface area (Å²) in [7, 11) is 0. The predicted octanol–water partition coefficient (Wildman–Crippen LogP) is 2.43. The van der Waals surface area contributed by atoms with Crippen LogP contribution in [0, 0.1) is 30.3 Å². The molecule has 1 aromatic carbocycles. The van der Waals surface area contributed by atoms with Crippen molar-refractivity contribution in [2.45, 2.75) is 6.18 Å². The quantitative estimate of drug-likeness (QED) is 0.617. The van der Waals surface area contributed by atoms with Gasteiger partial charge in [-0.1, -0.05) is 0 Å². The lowest BCUT2D eigenvalue weighted by molar-refractivity contribution is -0.407. The molecule has 0 heterocycles. The van der Waals surface area contributed by atoms with Crippen LogP contribution in [-0.2, 0) is 6.18 Å². The standard InChI is InChI=1S/C7H2F3N3O6/c8-7(9,10)6-4(12(16)17)1-3(11(14)15)2-5(6)13(18)19/h1-2H. The molecule has 0 radical (unpaired) electrons. The average Bonchev–Trinajstić information content (AvgIpc) is 2.25. The second-order valence-corrected chi connectivity index (χ2v) is 3.13. The zero-order valence-corrected chi connectivity index (χ0v) is 8.58. The van der Waals surface area contributed by atoms with E-state index in [1.807, 2.05) is 0 Å². The Kier molecular flexibility index (Phi) is 3.36. The van der Waals surface area contributed by atoms with Gasteiger partial charge in [0, 0.05) is 0 Å². The Morgan fingerprint density at radius 1 is 0.842 bits per heavy atom. The highest BCUT2D eigenvalue weighted by Crippen LogP contribution is 2.44. The van der Waals surface area contributed by atoms with Crippen LogP contribution in [0.3, 0.4) is 0 Å². The van der Waals surface area contributed by atoms with Crippen molar-refractivity contribution < 1.29 is 27.9 Å². The fraction of sp³-hybridized carbons (Fsp3) is 0.143. The minimum atomic E-state index is -5.39. The Labute approximate surface area is 100 Å². The van der Waals surface area contributed by atoms with Crippen LogP contribution >= 0.6 is 0 Å². The lowest BCUT2D eigenvalue weighted by Crippen LogP contribution is -2.13. The first-order chi connectivity index (χ1) is 8.55. The van der Waals surface area contributed by atoms with Crippen LogP contribution in [0.25, 0.3) is 0 Å². The van der Waals surface area contributed by atoms with Gasteiger partial charge in [-0.3, -0.25) is 30.3 Å². The third-order valence-electron chi connectivity index (χ3n) is 1.97. The smallest absolute Gasteiger partial charge is 0.258 e. The highest BCUT2D eigenvalue weighted by molar-refractivity contribution is 5.61. The maximum Gasteiger partial charge on any atom is 0.429 e. The predicted molar refractivity (Wildman–Crippen MR) is 51.4 cm³/mol. The summed E-state index contributed by atoms with van der Waals surface area (Å²) in [6.07, 6.45) is -5.39. The van der Waals surface area contributed by atoms with Gasteiger partial charge in [-0.25, -0.2) is 0 Å². The van der Waals surface area contributed by atoms with Gasteiger partial charge in [-0.15, -0.1) is 0 Å². The summed E-state index contributed by atoms with van der Waals surface area (Å²) in [6.45, 7) is 0. The molecular weight excluding hydrogens is 279 g/mol. The van der Waals surface area contributed by atoms with Crippen LogP contribution in [-0.4, -0.2) is 14.8 Å². The normalized spacial score (nSPS) is 11.1. The van der Waals surface area contributed by atoms with Gasteiger partial charge in [0.05, 0.1) is 26.9 Å². The van der Waals surface area contributed by atoms with Crippen molar-refractivity contribution in [3.8, 4) is 0 Å². The van der Waals surface area contributed by atoms with Crippen molar-refractivity contribution in [1.82, 2.24) is 0 Å². The van der Waals surface area contributed by atoms with Crippen LogP contribution < -0.4 is 0 Å². The molecule has 19 heavy (non-hydrogen) atoms. The van der Waals surface area contributed by atoms with E-state index in [9.17, 15) is 43.5 Å². The second kappa shape index (κ2) is 4.47. The number of nitro benzene ring substituents is 3. The zero-order valence-electron chi connectivity index (χ0n) is 8.58. The largest absolute Gasteiger partial charge is 0.429 e. The third kappa shape index (κ3) is 2.72. The van der Waals surface area contributed by atoms with Crippen LogP contribution in [0.15, 0.2) is 12.1 Å². The number of alkyl halides is 3. The average molecular weight is 281 g/mol. The lowest BCUT2D eigenvalue weighted by atomic mass is 10.1. The van der Waals surface area contributed by atoms with Gasteiger partial charge in [-0.2, -0.15) is 13.2 Å². The van der Waals surface area contributed by atoms with Crippen molar-refractivity contribution in [2.24, 2.45) is 0 Å². The molecule has 1 aromatic rings. The molecule has 9 nitrogen and oxygen atoms in total. The molecule has 0 bridgehead atoms. The number of nitro groups is 3. The number of hydrogen-bond acceptors (Lipinski definition) is 6. The first-order valence-corrected chi connectivity index (χ1v) is 4.24. The number of hydrogen-bond donors (Lipinski definition) is 0. The van der Waals surface area contributed by atoms with E-state index in [1.165, 1.54) is 0 Å². The van der Waals surface area contributed by atoms with Crippen molar-refractivity contribution in [3.63, 3.8) is 0 Å². The molecule has 0 atom stereocenters. The topological polar surface area (TPSA) is 129 Å². The van der Waals surface area contributed by atoms with Crippen LogP contribution in [0.1, 0.15) is 5.56 Å². The molecule has 0 saturated heterocycles. The molecule has 0 amide bonds.